The SMILES string of the molecule is O=C(C1CCCCC1)N1CCC(NC2CCCCCC2)CC1. The van der Waals surface area contributed by atoms with Crippen molar-refractivity contribution in [1.29, 1.82) is 0 Å². The molecule has 2 aliphatic carbocycles. The summed E-state index contributed by atoms with van der Waals surface area (Å²) in [5.41, 5.74) is 0. The fourth-order valence-electron chi connectivity index (χ4n) is 4.65. The van der Waals surface area contributed by atoms with Gasteiger partial charge in [0.1, 0.15) is 0 Å². The molecule has 0 bridgehead atoms. The zero-order valence-corrected chi connectivity index (χ0v) is 14.2. The molecular weight excluding hydrogens is 272 g/mol. The summed E-state index contributed by atoms with van der Waals surface area (Å²) in [5.74, 6) is 0.813. The number of likely N-dealkylation sites (tertiary alicyclic amines) is 1. The van der Waals surface area contributed by atoms with Crippen molar-refractivity contribution in [2.75, 3.05) is 13.1 Å². The minimum Gasteiger partial charge on any atom is -0.342 e. The van der Waals surface area contributed by atoms with E-state index in [0.717, 1.165) is 44.8 Å². The molecule has 0 aromatic carbocycles. The number of carbonyl (C=O) groups excluding carboxylic acids is 1. The first-order chi connectivity index (χ1) is 10.8. The Morgan fingerprint density at radius 2 is 1.18 bits per heavy atom. The Hall–Kier alpha value is -0.570. The summed E-state index contributed by atoms with van der Waals surface area (Å²) in [6, 6.07) is 1.40. The summed E-state index contributed by atoms with van der Waals surface area (Å²) >= 11 is 0. The van der Waals surface area contributed by atoms with E-state index >= 15 is 0 Å². The van der Waals surface area contributed by atoms with Gasteiger partial charge in [-0.05, 0) is 38.5 Å². The lowest BCUT2D eigenvalue weighted by molar-refractivity contribution is -0.137. The number of nitrogens with one attached hydrogen (secondary N) is 1. The normalized spacial score (nSPS) is 26.8. The second kappa shape index (κ2) is 8.33. The third-order valence-electron chi connectivity index (χ3n) is 6.09. The molecule has 0 radical (unpaired) electrons. The second-order valence-corrected chi connectivity index (χ2v) is 7.79. The first kappa shape index (κ1) is 16.3. The van der Waals surface area contributed by atoms with Crippen LogP contribution in [0.4, 0.5) is 0 Å². The van der Waals surface area contributed by atoms with Crippen LogP contribution in [0, 0.1) is 5.92 Å². The molecule has 3 rings (SSSR count). The van der Waals surface area contributed by atoms with Gasteiger partial charge in [-0.3, -0.25) is 4.79 Å². The summed E-state index contributed by atoms with van der Waals surface area (Å²) in [5, 5.41) is 3.90. The van der Waals surface area contributed by atoms with Crippen LogP contribution >= 0.6 is 0 Å². The third kappa shape index (κ3) is 4.47. The van der Waals surface area contributed by atoms with Crippen LogP contribution in [0.2, 0.25) is 0 Å². The molecule has 0 spiro atoms. The maximum absolute atomic E-state index is 12.6. The number of carbonyl (C=O) groups is 1. The van der Waals surface area contributed by atoms with Gasteiger partial charge in [0.25, 0.3) is 0 Å². The molecule has 22 heavy (non-hydrogen) atoms. The number of hydrogen-bond donors (Lipinski definition) is 1. The molecule has 1 heterocycles. The van der Waals surface area contributed by atoms with Gasteiger partial charge in [0.15, 0.2) is 0 Å². The van der Waals surface area contributed by atoms with Gasteiger partial charge in [0.2, 0.25) is 5.91 Å². The first-order valence-electron chi connectivity index (χ1n) is 9.88. The van der Waals surface area contributed by atoms with Crippen molar-refractivity contribution in [3.8, 4) is 0 Å². The molecule has 1 amide bonds. The predicted molar refractivity (Wildman–Crippen MR) is 90.8 cm³/mol. The van der Waals surface area contributed by atoms with E-state index in [0.29, 0.717) is 17.9 Å². The van der Waals surface area contributed by atoms with Crippen LogP contribution in [0.1, 0.15) is 83.5 Å². The van der Waals surface area contributed by atoms with E-state index in [1.165, 1.54) is 57.8 Å². The van der Waals surface area contributed by atoms with Gasteiger partial charge in [0, 0.05) is 31.1 Å². The molecule has 1 saturated heterocycles. The zero-order valence-electron chi connectivity index (χ0n) is 14.2. The van der Waals surface area contributed by atoms with Crippen molar-refractivity contribution in [3.63, 3.8) is 0 Å². The zero-order chi connectivity index (χ0) is 15.2. The van der Waals surface area contributed by atoms with Gasteiger partial charge in [-0.15, -0.1) is 0 Å². The van der Waals surface area contributed by atoms with Crippen LogP contribution < -0.4 is 5.32 Å². The number of amides is 1. The molecule has 0 aromatic rings. The van der Waals surface area contributed by atoms with E-state index in [9.17, 15) is 4.79 Å². The Balaban J connectivity index is 1.40. The van der Waals surface area contributed by atoms with Crippen LogP contribution in [0.5, 0.6) is 0 Å². The van der Waals surface area contributed by atoms with Crippen molar-refractivity contribution < 1.29 is 4.79 Å². The highest BCUT2D eigenvalue weighted by atomic mass is 16.2. The highest BCUT2D eigenvalue weighted by Gasteiger charge is 2.29. The summed E-state index contributed by atoms with van der Waals surface area (Å²) < 4.78 is 0. The van der Waals surface area contributed by atoms with Crippen LogP contribution in [0.3, 0.4) is 0 Å². The third-order valence-corrected chi connectivity index (χ3v) is 6.09. The average molecular weight is 306 g/mol. The van der Waals surface area contributed by atoms with Crippen LogP contribution in [0.15, 0.2) is 0 Å². The topological polar surface area (TPSA) is 32.3 Å². The lowest BCUT2D eigenvalue weighted by atomic mass is 9.87. The van der Waals surface area contributed by atoms with Gasteiger partial charge in [0.05, 0.1) is 0 Å². The Bertz CT molecular complexity index is 335. The first-order valence-corrected chi connectivity index (χ1v) is 9.88. The quantitative estimate of drug-likeness (QED) is 0.803. The Morgan fingerprint density at radius 3 is 1.82 bits per heavy atom. The highest BCUT2D eigenvalue weighted by Crippen LogP contribution is 2.27. The minimum absolute atomic E-state index is 0.347. The van der Waals surface area contributed by atoms with Crippen molar-refractivity contribution in [2.24, 2.45) is 5.92 Å². The molecule has 0 aromatic heterocycles. The maximum atomic E-state index is 12.6. The van der Waals surface area contributed by atoms with Crippen LogP contribution in [-0.4, -0.2) is 36.0 Å². The Morgan fingerprint density at radius 1 is 0.682 bits per heavy atom. The number of nitrogens with zero attached hydrogens (tertiary/aromatic N) is 1. The molecule has 1 aliphatic heterocycles. The molecule has 0 atom stereocenters. The number of rotatable bonds is 3. The van der Waals surface area contributed by atoms with E-state index in [2.05, 4.69) is 10.2 Å². The lowest BCUT2D eigenvalue weighted by Crippen LogP contribution is -2.49. The molecule has 3 fully saturated rings. The predicted octanol–water partition coefficient (Wildman–Crippen LogP) is 3.87. The number of hydrogen-bond acceptors (Lipinski definition) is 2. The fourth-order valence-corrected chi connectivity index (χ4v) is 4.65. The molecular formula is C19H34N2O. The molecule has 1 N–H and O–H groups in total. The van der Waals surface area contributed by atoms with Crippen molar-refractivity contribution in [1.82, 2.24) is 10.2 Å². The van der Waals surface area contributed by atoms with Gasteiger partial charge in [-0.1, -0.05) is 44.9 Å². The van der Waals surface area contributed by atoms with Crippen molar-refractivity contribution in [3.05, 3.63) is 0 Å². The van der Waals surface area contributed by atoms with Crippen LogP contribution in [-0.2, 0) is 4.79 Å². The van der Waals surface area contributed by atoms with Crippen molar-refractivity contribution >= 4 is 5.91 Å². The standard InChI is InChI=1S/C19H34N2O/c22-19(16-8-4-3-5-9-16)21-14-12-18(13-15-21)20-17-10-6-1-2-7-11-17/h16-18,20H,1-15H2. The van der Waals surface area contributed by atoms with Gasteiger partial charge < -0.3 is 10.2 Å². The summed E-state index contributed by atoms with van der Waals surface area (Å²) in [6.45, 7) is 1.97. The number of piperidine rings is 1. The smallest absolute Gasteiger partial charge is 0.225 e. The second-order valence-electron chi connectivity index (χ2n) is 7.79. The van der Waals surface area contributed by atoms with Crippen molar-refractivity contribution in [2.45, 2.75) is 95.6 Å². The fraction of sp³-hybridized carbons (Fsp3) is 0.947. The molecule has 2 saturated carbocycles. The molecule has 3 aliphatic rings. The lowest BCUT2D eigenvalue weighted by Gasteiger charge is -2.36. The maximum Gasteiger partial charge on any atom is 0.225 e. The van der Waals surface area contributed by atoms with Gasteiger partial charge in [-0.25, -0.2) is 0 Å². The van der Waals surface area contributed by atoms with E-state index in [1.54, 1.807) is 0 Å². The molecule has 126 valence electrons. The summed E-state index contributed by atoms with van der Waals surface area (Å²) in [4.78, 5) is 14.8. The summed E-state index contributed by atoms with van der Waals surface area (Å²) in [7, 11) is 0. The van der Waals surface area contributed by atoms with E-state index < -0.39 is 0 Å². The van der Waals surface area contributed by atoms with Crippen LogP contribution in [0.25, 0.3) is 0 Å². The average Bonchev–Trinajstić information content (AvgIpc) is 2.84. The van der Waals surface area contributed by atoms with Gasteiger partial charge >= 0.3 is 0 Å². The molecule has 3 heteroatoms. The minimum atomic E-state index is 0.347. The Labute approximate surface area is 136 Å². The van der Waals surface area contributed by atoms with E-state index in [-0.39, 0.29) is 0 Å². The molecule has 3 nitrogen and oxygen atoms in total. The Kier molecular flexibility index (Phi) is 6.17. The van der Waals surface area contributed by atoms with E-state index in [4.69, 9.17) is 0 Å². The summed E-state index contributed by atoms with van der Waals surface area (Å²) in [6.07, 6.45) is 16.8. The molecule has 0 unspecified atom stereocenters. The highest BCUT2D eigenvalue weighted by molar-refractivity contribution is 5.79. The monoisotopic (exact) mass is 306 g/mol. The largest absolute Gasteiger partial charge is 0.342 e. The van der Waals surface area contributed by atoms with Gasteiger partial charge in [-0.2, -0.15) is 0 Å². The van der Waals surface area contributed by atoms with E-state index in [1.807, 2.05) is 0 Å².